The molecule has 1 aliphatic heterocycles. The van der Waals surface area contributed by atoms with Crippen LogP contribution in [0.4, 0.5) is 8.78 Å². The lowest BCUT2D eigenvalue weighted by Gasteiger charge is -2.22. The second-order valence-corrected chi connectivity index (χ2v) is 5.23. The second kappa shape index (κ2) is 5.13. The molecule has 1 fully saturated rings. The summed E-state index contributed by atoms with van der Waals surface area (Å²) in [5, 5.41) is 3.39. The van der Waals surface area contributed by atoms with Crippen molar-refractivity contribution in [1.29, 1.82) is 0 Å². The first kappa shape index (κ1) is 12.5. The van der Waals surface area contributed by atoms with Gasteiger partial charge in [0.15, 0.2) is 11.6 Å². The monoisotopic (exact) mass is 239 g/mol. The molecule has 0 amide bonds. The molecule has 1 aromatic carbocycles. The molecule has 1 nitrogen and oxygen atoms in total. The summed E-state index contributed by atoms with van der Waals surface area (Å²) in [5.74, 6) is -0.745. The van der Waals surface area contributed by atoms with Crippen LogP contribution in [0.1, 0.15) is 38.2 Å². The Morgan fingerprint density at radius 2 is 2.12 bits per heavy atom. The average molecular weight is 239 g/mol. The van der Waals surface area contributed by atoms with Crippen molar-refractivity contribution in [2.75, 3.05) is 6.54 Å². The first-order valence-electron chi connectivity index (χ1n) is 6.27. The van der Waals surface area contributed by atoms with E-state index in [1.807, 2.05) is 0 Å². The molecule has 0 saturated carbocycles. The van der Waals surface area contributed by atoms with Gasteiger partial charge in [-0.15, -0.1) is 0 Å². The Labute approximate surface area is 101 Å². The van der Waals surface area contributed by atoms with E-state index in [0.717, 1.165) is 19.4 Å². The van der Waals surface area contributed by atoms with Crippen molar-refractivity contribution < 1.29 is 8.78 Å². The molecule has 1 aromatic rings. The zero-order chi connectivity index (χ0) is 12.4. The van der Waals surface area contributed by atoms with Crippen LogP contribution in [0.15, 0.2) is 18.2 Å². The van der Waals surface area contributed by atoms with Crippen molar-refractivity contribution in [2.24, 2.45) is 5.92 Å². The summed E-state index contributed by atoms with van der Waals surface area (Å²) in [7, 11) is 0. The summed E-state index contributed by atoms with van der Waals surface area (Å²) in [6.07, 6.45) is 1.89. The van der Waals surface area contributed by atoms with Gasteiger partial charge in [0.2, 0.25) is 0 Å². The van der Waals surface area contributed by atoms with E-state index in [9.17, 15) is 8.78 Å². The molecular formula is C14H19F2N. The van der Waals surface area contributed by atoms with Crippen molar-refractivity contribution in [3.05, 3.63) is 35.4 Å². The molecule has 1 saturated heterocycles. The van der Waals surface area contributed by atoms with Gasteiger partial charge >= 0.3 is 0 Å². The van der Waals surface area contributed by atoms with Crippen molar-refractivity contribution in [3.8, 4) is 0 Å². The highest BCUT2D eigenvalue weighted by Gasteiger charge is 2.31. The zero-order valence-corrected chi connectivity index (χ0v) is 10.3. The van der Waals surface area contributed by atoms with E-state index in [4.69, 9.17) is 0 Å². The first-order valence-corrected chi connectivity index (χ1v) is 6.27. The number of halogens is 2. The normalized spacial score (nSPS) is 24.5. The highest BCUT2D eigenvalue weighted by Crippen LogP contribution is 2.33. The summed E-state index contributed by atoms with van der Waals surface area (Å²) >= 11 is 0. The second-order valence-electron chi connectivity index (χ2n) is 5.23. The Balaban J connectivity index is 2.23. The minimum atomic E-state index is -0.738. The Bertz CT molecular complexity index is 390. The molecule has 1 heterocycles. The van der Waals surface area contributed by atoms with Crippen LogP contribution >= 0.6 is 0 Å². The summed E-state index contributed by atoms with van der Waals surface area (Å²) < 4.78 is 27.0. The van der Waals surface area contributed by atoms with Crippen LogP contribution in [0.2, 0.25) is 0 Å². The van der Waals surface area contributed by atoms with Crippen LogP contribution in [0.5, 0.6) is 0 Å². The highest BCUT2D eigenvalue weighted by molar-refractivity contribution is 5.25. The standard InChI is InChI=1S/C14H19F2N/c1-9(2)8-13-10(6-7-17-13)11-4-3-5-12(15)14(11)16/h3-5,9-10,13,17H,6-8H2,1-2H3. The lowest BCUT2D eigenvalue weighted by Crippen LogP contribution is -2.28. The fourth-order valence-corrected chi connectivity index (χ4v) is 2.70. The summed E-state index contributed by atoms with van der Waals surface area (Å²) in [6, 6.07) is 4.76. The van der Waals surface area contributed by atoms with Crippen LogP contribution in [-0.4, -0.2) is 12.6 Å². The van der Waals surface area contributed by atoms with Gasteiger partial charge in [0.25, 0.3) is 0 Å². The van der Waals surface area contributed by atoms with Gasteiger partial charge in [-0.25, -0.2) is 8.78 Å². The van der Waals surface area contributed by atoms with Crippen molar-refractivity contribution in [1.82, 2.24) is 5.32 Å². The van der Waals surface area contributed by atoms with Gasteiger partial charge in [-0.3, -0.25) is 0 Å². The molecule has 2 rings (SSSR count). The summed E-state index contributed by atoms with van der Waals surface area (Å²) in [6.45, 7) is 5.19. The van der Waals surface area contributed by atoms with Crippen molar-refractivity contribution in [2.45, 2.75) is 38.6 Å². The lowest BCUT2D eigenvalue weighted by molar-refractivity contribution is 0.418. The number of rotatable bonds is 3. The molecule has 17 heavy (non-hydrogen) atoms. The predicted molar refractivity (Wildman–Crippen MR) is 65.0 cm³/mol. The molecule has 1 aliphatic rings. The Hall–Kier alpha value is -0.960. The third-order valence-electron chi connectivity index (χ3n) is 3.45. The third-order valence-corrected chi connectivity index (χ3v) is 3.45. The van der Waals surface area contributed by atoms with Crippen LogP contribution in [0.3, 0.4) is 0 Å². The molecule has 0 aromatic heterocycles. The predicted octanol–water partition coefficient (Wildman–Crippen LogP) is 3.46. The van der Waals surface area contributed by atoms with Gasteiger partial charge in [0.1, 0.15) is 0 Å². The molecular weight excluding hydrogens is 220 g/mol. The van der Waals surface area contributed by atoms with E-state index in [-0.39, 0.29) is 12.0 Å². The van der Waals surface area contributed by atoms with Crippen molar-refractivity contribution >= 4 is 0 Å². The van der Waals surface area contributed by atoms with E-state index >= 15 is 0 Å². The van der Waals surface area contributed by atoms with Gasteiger partial charge in [0.05, 0.1) is 0 Å². The molecule has 0 radical (unpaired) electrons. The van der Waals surface area contributed by atoms with Crippen LogP contribution in [-0.2, 0) is 0 Å². The van der Waals surface area contributed by atoms with E-state index in [1.54, 1.807) is 12.1 Å². The largest absolute Gasteiger partial charge is 0.313 e. The Morgan fingerprint density at radius 1 is 1.35 bits per heavy atom. The minimum absolute atomic E-state index is 0.105. The van der Waals surface area contributed by atoms with E-state index in [1.165, 1.54) is 6.07 Å². The molecule has 0 bridgehead atoms. The number of nitrogens with one attached hydrogen (secondary N) is 1. The SMILES string of the molecule is CC(C)CC1NCCC1c1cccc(F)c1F. The highest BCUT2D eigenvalue weighted by atomic mass is 19.2. The van der Waals surface area contributed by atoms with Gasteiger partial charge in [-0.1, -0.05) is 26.0 Å². The first-order chi connectivity index (χ1) is 8.09. The summed E-state index contributed by atoms with van der Waals surface area (Å²) in [4.78, 5) is 0. The molecule has 2 unspecified atom stereocenters. The number of hydrogen-bond donors (Lipinski definition) is 1. The minimum Gasteiger partial charge on any atom is -0.313 e. The molecule has 0 aliphatic carbocycles. The fourth-order valence-electron chi connectivity index (χ4n) is 2.70. The fraction of sp³-hybridized carbons (Fsp3) is 0.571. The van der Waals surface area contributed by atoms with E-state index in [2.05, 4.69) is 19.2 Å². The average Bonchev–Trinajstić information content (AvgIpc) is 2.69. The van der Waals surface area contributed by atoms with Gasteiger partial charge in [-0.05, 0) is 36.9 Å². The number of hydrogen-bond acceptors (Lipinski definition) is 1. The third kappa shape index (κ3) is 2.65. The smallest absolute Gasteiger partial charge is 0.162 e. The lowest BCUT2D eigenvalue weighted by atomic mass is 9.87. The van der Waals surface area contributed by atoms with Crippen LogP contribution in [0.25, 0.3) is 0 Å². The Kier molecular flexibility index (Phi) is 3.77. The van der Waals surface area contributed by atoms with Crippen molar-refractivity contribution in [3.63, 3.8) is 0 Å². The summed E-state index contributed by atoms with van der Waals surface area (Å²) in [5.41, 5.74) is 0.528. The maximum atomic E-state index is 13.8. The molecule has 2 atom stereocenters. The maximum Gasteiger partial charge on any atom is 0.162 e. The zero-order valence-electron chi connectivity index (χ0n) is 10.3. The van der Waals surface area contributed by atoms with Gasteiger partial charge in [0, 0.05) is 12.0 Å². The van der Waals surface area contributed by atoms with Gasteiger partial charge < -0.3 is 5.32 Å². The molecule has 3 heteroatoms. The van der Waals surface area contributed by atoms with Crippen LogP contribution in [0, 0.1) is 17.6 Å². The van der Waals surface area contributed by atoms with E-state index in [0.29, 0.717) is 11.5 Å². The maximum absolute atomic E-state index is 13.8. The Morgan fingerprint density at radius 3 is 2.82 bits per heavy atom. The quantitative estimate of drug-likeness (QED) is 0.851. The molecule has 1 N–H and O–H groups in total. The molecule has 0 spiro atoms. The number of benzene rings is 1. The van der Waals surface area contributed by atoms with Gasteiger partial charge in [-0.2, -0.15) is 0 Å². The molecule has 94 valence electrons. The van der Waals surface area contributed by atoms with Crippen LogP contribution < -0.4 is 5.32 Å². The van der Waals surface area contributed by atoms with E-state index < -0.39 is 11.6 Å². The topological polar surface area (TPSA) is 12.0 Å².